The molecule has 1 amide bonds. The van der Waals surface area contributed by atoms with Gasteiger partial charge in [0.05, 0.1) is 15.5 Å². The minimum atomic E-state index is -4.15. The summed E-state index contributed by atoms with van der Waals surface area (Å²) >= 11 is 0. The first-order valence-corrected chi connectivity index (χ1v) is 13.7. The van der Waals surface area contributed by atoms with Gasteiger partial charge in [0.15, 0.2) is 0 Å². The fourth-order valence-electron chi connectivity index (χ4n) is 4.32. The number of sulfonamides is 1. The van der Waals surface area contributed by atoms with Crippen LogP contribution in [0.25, 0.3) is 0 Å². The molecule has 1 heterocycles. The second kappa shape index (κ2) is 12.0. The highest BCUT2D eigenvalue weighted by Gasteiger charge is 2.28. The SMILES string of the molecule is O=C(CN(c1cccc([N+](=O)[O-])c1)S(=O)(=O)c1ccccc1)NCc1ccc(CN2CCCCC2)cc1. The molecule has 0 aliphatic carbocycles. The Balaban J connectivity index is 1.45. The zero-order valence-corrected chi connectivity index (χ0v) is 21.3. The fourth-order valence-corrected chi connectivity index (χ4v) is 5.76. The van der Waals surface area contributed by atoms with Gasteiger partial charge >= 0.3 is 0 Å². The van der Waals surface area contributed by atoms with Gasteiger partial charge in [-0.25, -0.2) is 8.42 Å². The molecule has 0 radical (unpaired) electrons. The molecule has 0 aromatic heterocycles. The minimum absolute atomic E-state index is 0.0152. The number of nitrogens with zero attached hydrogens (tertiary/aromatic N) is 3. The maximum atomic E-state index is 13.4. The Hall–Kier alpha value is -3.76. The molecular weight excluding hydrogens is 492 g/mol. The third kappa shape index (κ3) is 6.93. The molecule has 0 unspecified atom stereocenters. The molecule has 194 valence electrons. The quantitative estimate of drug-likeness (QED) is 0.317. The fraction of sp³-hybridized carbons (Fsp3) is 0.296. The predicted octanol–water partition coefficient (Wildman–Crippen LogP) is 4.09. The predicted molar refractivity (Wildman–Crippen MR) is 141 cm³/mol. The number of piperidine rings is 1. The molecule has 0 bridgehead atoms. The van der Waals surface area contributed by atoms with Crippen LogP contribution in [0.3, 0.4) is 0 Å². The second-order valence-electron chi connectivity index (χ2n) is 9.03. The van der Waals surface area contributed by atoms with Crippen molar-refractivity contribution in [2.45, 2.75) is 37.2 Å². The van der Waals surface area contributed by atoms with E-state index < -0.39 is 27.4 Å². The Morgan fingerprint density at radius 1 is 0.919 bits per heavy atom. The van der Waals surface area contributed by atoms with Crippen LogP contribution in [0.5, 0.6) is 0 Å². The summed E-state index contributed by atoms with van der Waals surface area (Å²) in [6.45, 7) is 2.85. The Morgan fingerprint density at radius 2 is 1.59 bits per heavy atom. The van der Waals surface area contributed by atoms with Crippen molar-refractivity contribution in [1.82, 2.24) is 10.2 Å². The van der Waals surface area contributed by atoms with Crippen molar-refractivity contribution in [3.8, 4) is 0 Å². The van der Waals surface area contributed by atoms with Crippen molar-refractivity contribution >= 4 is 27.3 Å². The summed E-state index contributed by atoms with van der Waals surface area (Å²) in [5.74, 6) is -0.525. The van der Waals surface area contributed by atoms with Crippen LogP contribution in [0.4, 0.5) is 11.4 Å². The monoisotopic (exact) mass is 522 g/mol. The van der Waals surface area contributed by atoms with Gasteiger partial charge in [-0.15, -0.1) is 0 Å². The van der Waals surface area contributed by atoms with E-state index in [9.17, 15) is 23.3 Å². The summed E-state index contributed by atoms with van der Waals surface area (Å²) < 4.78 is 27.7. The van der Waals surface area contributed by atoms with Crippen molar-refractivity contribution in [3.05, 3.63) is 100 Å². The lowest BCUT2D eigenvalue weighted by Gasteiger charge is -2.26. The number of nitro groups is 1. The lowest BCUT2D eigenvalue weighted by Crippen LogP contribution is -2.40. The van der Waals surface area contributed by atoms with Crippen molar-refractivity contribution in [2.75, 3.05) is 23.9 Å². The van der Waals surface area contributed by atoms with Crippen LogP contribution in [0.2, 0.25) is 0 Å². The molecule has 9 nitrogen and oxygen atoms in total. The average Bonchev–Trinajstić information content (AvgIpc) is 2.92. The van der Waals surface area contributed by atoms with E-state index in [0.717, 1.165) is 35.6 Å². The molecule has 1 saturated heterocycles. The number of amides is 1. The van der Waals surface area contributed by atoms with Crippen LogP contribution in [-0.2, 0) is 27.9 Å². The highest BCUT2D eigenvalue weighted by atomic mass is 32.2. The number of likely N-dealkylation sites (tertiary alicyclic amines) is 1. The minimum Gasteiger partial charge on any atom is -0.350 e. The summed E-state index contributed by atoms with van der Waals surface area (Å²) in [6, 6.07) is 20.9. The molecular formula is C27H30N4O5S. The molecule has 0 spiro atoms. The van der Waals surface area contributed by atoms with Crippen LogP contribution >= 0.6 is 0 Å². The third-order valence-electron chi connectivity index (χ3n) is 6.31. The van der Waals surface area contributed by atoms with Gasteiger partial charge in [0.25, 0.3) is 15.7 Å². The third-order valence-corrected chi connectivity index (χ3v) is 8.10. The summed E-state index contributed by atoms with van der Waals surface area (Å²) in [6.07, 6.45) is 3.76. The standard InChI is InChI=1S/C27H30N4O5S/c32-27(28-19-22-12-14-23(15-13-22)20-29-16-5-2-6-17-29)21-30(24-8-7-9-25(18-24)31(33)34)37(35,36)26-10-3-1-4-11-26/h1,3-4,7-15,18H,2,5-6,16-17,19-21H2,(H,28,32). The smallest absolute Gasteiger partial charge is 0.271 e. The lowest BCUT2D eigenvalue weighted by molar-refractivity contribution is -0.384. The molecule has 3 aromatic carbocycles. The number of hydrogen-bond acceptors (Lipinski definition) is 6. The van der Waals surface area contributed by atoms with E-state index in [0.29, 0.717) is 0 Å². The van der Waals surface area contributed by atoms with Crippen molar-refractivity contribution < 1.29 is 18.1 Å². The maximum Gasteiger partial charge on any atom is 0.271 e. The van der Waals surface area contributed by atoms with E-state index in [-0.39, 0.29) is 22.8 Å². The molecule has 1 aliphatic heterocycles. The number of rotatable bonds is 10. The van der Waals surface area contributed by atoms with E-state index in [1.165, 1.54) is 55.2 Å². The molecule has 1 aliphatic rings. The molecule has 0 atom stereocenters. The van der Waals surface area contributed by atoms with Gasteiger partial charge in [-0.05, 0) is 55.3 Å². The molecule has 10 heteroatoms. The van der Waals surface area contributed by atoms with Crippen molar-refractivity contribution in [3.63, 3.8) is 0 Å². The summed E-state index contributed by atoms with van der Waals surface area (Å²) in [5.41, 5.74) is 1.87. The first kappa shape index (κ1) is 26.3. The molecule has 1 fully saturated rings. The van der Waals surface area contributed by atoms with Gasteiger partial charge < -0.3 is 5.32 Å². The van der Waals surface area contributed by atoms with E-state index >= 15 is 0 Å². The van der Waals surface area contributed by atoms with Crippen LogP contribution in [0.15, 0.2) is 83.8 Å². The Bertz CT molecular complexity index is 1320. The van der Waals surface area contributed by atoms with E-state index in [4.69, 9.17) is 0 Å². The Labute approximate surface area is 216 Å². The number of carbonyl (C=O) groups is 1. The Morgan fingerprint density at radius 3 is 2.27 bits per heavy atom. The lowest BCUT2D eigenvalue weighted by atomic mass is 10.1. The van der Waals surface area contributed by atoms with Gasteiger partial charge in [-0.3, -0.25) is 24.1 Å². The highest BCUT2D eigenvalue weighted by molar-refractivity contribution is 7.92. The van der Waals surface area contributed by atoms with Gasteiger partial charge in [0.2, 0.25) is 5.91 Å². The van der Waals surface area contributed by atoms with Gasteiger partial charge in [0, 0.05) is 25.2 Å². The zero-order valence-electron chi connectivity index (χ0n) is 20.5. The summed E-state index contributed by atoms with van der Waals surface area (Å²) in [5, 5.41) is 14.0. The number of hydrogen-bond donors (Lipinski definition) is 1. The molecule has 4 rings (SSSR count). The molecule has 0 saturated carbocycles. The maximum absolute atomic E-state index is 13.4. The molecule has 1 N–H and O–H groups in total. The second-order valence-corrected chi connectivity index (χ2v) is 10.9. The van der Waals surface area contributed by atoms with Crippen LogP contribution < -0.4 is 9.62 Å². The normalized spacial score (nSPS) is 14.2. The number of nitrogens with one attached hydrogen (secondary N) is 1. The molecule has 37 heavy (non-hydrogen) atoms. The highest BCUT2D eigenvalue weighted by Crippen LogP contribution is 2.27. The summed E-state index contributed by atoms with van der Waals surface area (Å²) in [4.78, 5) is 26.0. The number of carbonyl (C=O) groups excluding carboxylic acids is 1. The number of benzene rings is 3. The average molecular weight is 523 g/mol. The summed E-state index contributed by atoms with van der Waals surface area (Å²) in [7, 11) is -4.15. The van der Waals surface area contributed by atoms with E-state index in [2.05, 4.69) is 10.2 Å². The van der Waals surface area contributed by atoms with Crippen molar-refractivity contribution in [2.24, 2.45) is 0 Å². The first-order valence-electron chi connectivity index (χ1n) is 12.2. The van der Waals surface area contributed by atoms with Crippen LogP contribution in [0, 0.1) is 10.1 Å². The van der Waals surface area contributed by atoms with Crippen molar-refractivity contribution in [1.29, 1.82) is 0 Å². The van der Waals surface area contributed by atoms with Crippen LogP contribution in [0.1, 0.15) is 30.4 Å². The largest absolute Gasteiger partial charge is 0.350 e. The number of nitro benzene ring substituents is 1. The first-order chi connectivity index (χ1) is 17.8. The molecule has 3 aromatic rings. The van der Waals surface area contributed by atoms with E-state index in [1.54, 1.807) is 18.2 Å². The van der Waals surface area contributed by atoms with Crippen LogP contribution in [-0.4, -0.2) is 43.8 Å². The Kier molecular flexibility index (Phi) is 8.52. The van der Waals surface area contributed by atoms with Gasteiger partial charge in [-0.1, -0.05) is 55.0 Å². The van der Waals surface area contributed by atoms with E-state index in [1.807, 2.05) is 24.3 Å². The number of non-ortho nitro benzene ring substituents is 1. The zero-order chi connectivity index (χ0) is 26.3. The topological polar surface area (TPSA) is 113 Å². The van der Waals surface area contributed by atoms with Gasteiger partial charge in [-0.2, -0.15) is 0 Å². The number of anilines is 1. The van der Waals surface area contributed by atoms with Gasteiger partial charge in [0.1, 0.15) is 6.54 Å².